The van der Waals surface area contributed by atoms with Crippen LogP contribution >= 0.6 is 11.8 Å². The first-order valence-electron chi connectivity index (χ1n) is 9.05. The number of likely N-dealkylation sites (N-methyl/N-ethyl adjacent to an activating group) is 1. The first-order chi connectivity index (χ1) is 14.0. The summed E-state index contributed by atoms with van der Waals surface area (Å²) in [5.41, 5.74) is 1.54. The van der Waals surface area contributed by atoms with Gasteiger partial charge in [0, 0.05) is 18.5 Å². The highest BCUT2D eigenvalue weighted by atomic mass is 32.2. The normalized spacial score (nSPS) is 15.0. The zero-order chi connectivity index (χ0) is 20.8. The molecule has 0 saturated carbocycles. The predicted molar refractivity (Wildman–Crippen MR) is 110 cm³/mol. The lowest BCUT2D eigenvalue weighted by Crippen LogP contribution is -2.39. The van der Waals surface area contributed by atoms with Crippen LogP contribution in [0, 0.1) is 0 Å². The highest BCUT2D eigenvalue weighted by molar-refractivity contribution is 7.98. The molecule has 8 heteroatoms. The van der Waals surface area contributed by atoms with Gasteiger partial charge in [0.2, 0.25) is 0 Å². The van der Waals surface area contributed by atoms with Gasteiger partial charge in [-0.2, -0.15) is 0 Å². The monoisotopic (exact) mass is 414 g/mol. The fraction of sp³-hybridized carbons (Fsp3) is 0.286. The number of amides is 2. The quantitative estimate of drug-likeness (QED) is 0.554. The Morgan fingerprint density at radius 3 is 2.62 bits per heavy atom. The smallest absolute Gasteiger partial charge is 0.310 e. The lowest BCUT2D eigenvalue weighted by Gasteiger charge is -2.25. The molecule has 1 N–H and O–H groups in total. The van der Waals surface area contributed by atoms with Crippen molar-refractivity contribution in [2.45, 2.75) is 24.0 Å². The molecule has 0 aliphatic carbocycles. The summed E-state index contributed by atoms with van der Waals surface area (Å²) >= 11 is 1.65. The number of ether oxygens (including phenoxy) is 2. The van der Waals surface area contributed by atoms with E-state index in [-0.39, 0.29) is 18.9 Å². The second-order valence-corrected chi connectivity index (χ2v) is 7.43. The number of thioether (sulfide) groups is 1. The molecule has 1 heterocycles. The number of rotatable bonds is 7. The summed E-state index contributed by atoms with van der Waals surface area (Å²) in [6.07, 6.45) is 0.743. The van der Waals surface area contributed by atoms with E-state index >= 15 is 0 Å². The molecule has 0 fully saturated rings. The summed E-state index contributed by atoms with van der Waals surface area (Å²) in [7, 11) is 1.65. The fourth-order valence-electron chi connectivity index (χ4n) is 2.78. The van der Waals surface area contributed by atoms with E-state index in [1.54, 1.807) is 43.1 Å². The molecule has 2 aromatic rings. The molecule has 0 aromatic heterocycles. The van der Waals surface area contributed by atoms with Crippen molar-refractivity contribution in [1.29, 1.82) is 0 Å². The summed E-state index contributed by atoms with van der Waals surface area (Å²) in [5.74, 6) is -0.923. The van der Waals surface area contributed by atoms with Crippen molar-refractivity contribution in [2.24, 2.45) is 0 Å². The number of anilines is 1. The molecule has 0 unspecified atom stereocenters. The minimum absolute atomic E-state index is 0.271. The van der Waals surface area contributed by atoms with Crippen LogP contribution in [0.25, 0.3) is 0 Å². The maximum atomic E-state index is 12.2. The highest BCUT2D eigenvalue weighted by Gasteiger charge is 2.30. The average Bonchev–Trinajstić information content (AvgIpc) is 2.73. The predicted octanol–water partition coefficient (Wildman–Crippen LogP) is 2.70. The van der Waals surface area contributed by atoms with Gasteiger partial charge >= 0.3 is 5.97 Å². The minimum atomic E-state index is -0.986. The Kier molecular flexibility index (Phi) is 6.77. The summed E-state index contributed by atoms with van der Waals surface area (Å²) < 4.78 is 10.6. The molecule has 1 aliphatic rings. The van der Waals surface area contributed by atoms with Gasteiger partial charge in [0.05, 0.1) is 12.1 Å². The van der Waals surface area contributed by atoms with Crippen LogP contribution in [0.15, 0.2) is 53.4 Å². The molecular weight excluding hydrogens is 392 g/mol. The Morgan fingerprint density at radius 2 is 1.90 bits per heavy atom. The van der Waals surface area contributed by atoms with Crippen molar-refractivity contribution in [3.05, 3.63) is 54.1 Å². The van der Waals surface area contributed by atoms with Crippen molar-refractivity contribution in [3.63, 3.8) is 0 Å². The van der Waals surface area contributed by atoms with Crippen LogP contribution < -0.4 is 10.1 Å². The van der Waals surface area contributed by atoms with E-state index in [1.165, 1.54) is 4.90 Å². The third-order valence-corrected chi connectivity index (χ3v) is 5.16. The molecule has 29 heavy (non-hydrogen) atoms. The molecule has 2 aromatic carbocycles. The number of carbonyl (C=O) groups is 3. The molecule has 2 amide bonds. The van der Waals surface area contributed by atoms with E-state index in [2.05, 4.69) is 5.32 Å². The van der Waals surface area contributed by atoms with Gasteiger partial charge in [0.25, 0.3) is 11.8 Å². The van der Waals surface area contributed by atoms with Gasteiger partial charge in [0.1, 0.15) is 5.75 Å². The summed E-state index contributed by atoms with van der Waals surface area (Å²) in [6.45, 7) is 0.0269. The number of benzene rings is 2. The number of fused-ring (bicyclic) bond motifs is 1. The maximum absolute atomic E-state index is 12.2. The van der Waals surface area contributed by atoms with E-state index in [9.17, 15) is 14.4 Å². The van der Waals surface area contributed by atoms with Crippen LogP contribution in [-0.2, 0) is 25.7 Å². The fourth-order valence-corrected chi connectivity index (χ4v) is 3.19. The number of nitrogens with zero attached hydrogens (tertiary/aromatic N) is 1. The topological polar surface area (TPSA) is 84.9 Å². The van der Waals surface area contributed by atoms with Crippen LogP contribution in [0.2, 0.25) is 0 Å². The lowest BCUT2D eigenvalue weighted by molar-refractivity contribution is -0.154. The first kappa shape index (κ1) is 20.7. The molecule has 3 rings (SSSR count). The number of para-hydroxylation sites is 2. The summed E-state index contributed by atoms with van der Waals surface area (Å²) in [4.78, 5) is 39.0. The highest BCUT2D eigenvalue weighted by Crippen LogP contribution is 2.29. The first-order valence-corrected chi connectivity index (χ1v) is 10.3. The van der Waals surface area contributed by atoms with Crippen molar-refractivity contribution in [2.75, 3.05) is 25.2 Å². The van der Waals surface area contributed by atoms with Crippen molar-refractivity contribution in [1.82, 2.24) is 4.90 Å². The number of esters is 1. The molecule has 7 nitrogen and oxygen atoms in total. The largest absolute Gasteiger partial charge is 0.478 e. The minimum Gasteiger partial charge on any atom is -0.478 e. The van der Waals surface area contributed by atoms with Crippen LogP contribution in [0.5, 0.6) is 5.75 Å². The average molecular weight is 414 g/mol. The van der Waals surface area contributed by atoms with Crippen LogP contribution in [0.1, 0.15) is 12.0 Å². The van der Waals surface area contributed by atoms with Crippen molar-refractivity contribution >= 4 is 35.2 Å². The maximum Gasteiger partial charge on any atom is 0.310 e. The Morgan fingerprint density at radius 1 is 1.17 bits per heavy atom. The second-order valence-electron chi connectivity index (χ2n) is 6.55. The van der Waals surface area contributed by atoms with E-state index < -0.39 is 18.0 Å². The van der Waals surface area contributed by atoms with E-state index in [0.717, 1.165) is 10.5 Å². The third-order valence-electron chi connectivity index (χ3n) is 4.42. The van der Waals surface area contributed by atoms with Crippen LogP contribution in [0.4, 0.5) is 5.69 Å². The van der Waals surface area contributed by atoms with Gasteiger partial charge in [-0.1, -0.05) is 24.3 Å². The molecule has 0 bridgehead atoms. The van der Waals surface area contributed by atoms with Gasteiger partial charge in [0.15, 0.2) is 12.7 Å². The summed E-state index contributed by atoms with van der Waals surface area (Å²) in [5, 5.41) is 2.69. The zero-order valence-corrected chi connectivity index (χ0v) is 17.0. The van der Waals surface area contributed by atoms with Gasteiger partial charge in [-0.3, -0.25) is 14.4 Å². The van der Waals surface area contributed by atoms with Crippen LogP contribution in [0.3, 0.4) is 0 Å². The number of hydrogen-bond donors (Lipinski definition) is 1. The number of hydrogen-bond acceptors (Lipinski definition) is 6. The molecule has 152 valence electrons. The zero-order valence-electron chi connectivity index (χ0n) is 16.2. The Bertz CT molecular complexity index is 900. The Hall–Kier alpha value is -3.00. The molecule has 1 aliphatic heterocycles. The van der Waals surface area contributed by atoms with Gasteiger partial charge in [-0.05, 0) is 36.1 Å². The Labute approximate surface area is 173 Å². The van der Waals surface area contributed by atoms with E-state index in [0.29, 0.717) is 18.0 Å². The second kappa shape index (κ2) is 9.47. The number of carbonyl (C=O) groups excluding carboxylic acids is 3. The molecule has 0 spiro atoms. The molecular formula is C21H22N2O5S. The third kappa shape index (κ3) is 5.51. The Balaban J connectivity index is 1.46. The molecule has 0 radical (unpaired) electrons. The van der Waals surface area contributed by atoms with Gasteiger partial charge in [-0.25, -0.2) is 0 Å². The molecule has 1 atom stereocenters. The van der Waals surface area contributed by atoms with Crippen molar-refractivity contribution < 1.29 is 23.9 Å². The van der Waals surface area contributed by atoms with Gasteiger partial charge < -0.3 is 19.7 Å². The summed E-state index contributed by atoms with van der Waals surface area (Å²) in [6, 6.07) is 14.9. The lowest BCUT2D eigenvalue weighted by atomic mass is 10.1. The SMILES string of the molecule is CSc1ccc(CN(C)C(=O)COC(=O)C[C@@H]2Oc3ccccc3NC2=O)cc1. The van der Waals surface area contributed by atoms with E-state index in [4.69, 9.17) is 9.47 Å². The van der Waals surface area contributed by atoms with Crippen LogP contribution in [-0.4, -0.2) is 48.7 Å². The number of nitrogens with one attached hydrogen (secondary N) is 1. The van der Waals surface area contributed by atoms with Gasteiger partial charge in [-0.15, -0.1) is 11.8 Å². The molecule has 0 saturated heterocycles. The van der Waals surface area contributed by atoms with Crippen molar-refractivity contribution in [3.8, 4) is 5.75 Å². The standard InChI is InChI=1S/C21H22N2O5S/c1-23(12-14-7-9-15(29-2)10-8-14)19(24)13-27-20(25)11-18-21(26)22-16-5-3-4-6-17(16)28-18/h3-10,18H,11-13H2,1-2H3,(H,22,26)/t18-/m0/s1. The van der Waals surface area contributed by atoms with E-state index in [1.807, 2.05) is 30.5 Å².